The van der Waals surface area contributed by atoms with Crippen molar-refractivity contribution in [1.82, 2.24) is 9.78 Å². The van der Waals surface area contributed by atoms with E-state index in [9.17, 15) is 4.39 Å². The Morgan fingerprint density at radius 1 is 1.29 bits per heavy atom. The third-order valence-electron chi connectivity index (χ3n) is 3.74. The number of hydrogen-bond donors (Lipinski definition) is 0. The van der Waals surface area contributed by atoms with Crippen molar-refractivity contribution >= 4 is 43.5 Å². The average molecular weight is 439 g/mol. The molecular formula is C15H16Br2ClFN2. The molecule has 2 nitrogen and oxygen atoms in total. The lowest BCUT2D eigenvalue weighted by Gasteiger charge is -2.31. The molecule has 0 aliphatic heterocycles. The number of aryl methyl sites for hydroxylation is 2. The topological polar surface area (TPSA) is 17.8 Å². The quantitative estimate of drug-likeness (QED) is 0.614. The van der Waals surface area contributed by atoms with Gasteiger partial charge in [0.15, 0.2) is 0 Å². The summed E-state index contributed by atoms with van der Waals surface area (Å²) in [6.07, 6.45) is 0.614. The van der Waals surface area contributed by atoms with E-state index in [1.807, 2.05) is 26.1 Å². The Kier molecular flexibility index (Phi) is 5.49. The molecule has 21 heavy (non-hydrogen) atoms. The van der Waals surface area contributed by atoms with E-state index < -0.39 is 5.41 Å². The van der Waals surface area contributed by atoms with E-state index in [-0.39, 0.29) is 5.82 Å². The maximum Gasteiger partial charge on any atom is 0.130 e. The minimum absolute atomic E-state index is 0.200. The van der Waals surface area contributed by atoms with Crippen molar-refractivity contribution in [3.8, 4) is 0 Å². The summed E-state index contributed by atoms with van der Waals surface area (Å²) in [6.45, 7) is 1.93. The molecule has 1 heterocycles. The maximum atomic E-state index is 14.3. The van der Waals surface area contributed by atoms with Crippen molar-refractivity contribution < 1.29 is 4.39 Å². The Bertz CT molecular complexity index is 639. The van der Waals surface area contributed by atoms with E-state index >= 15 is 0 Å². The molecule has 0 fully saturated rings. The van der Waals surface area contributed by atoms with Crippen molar-refractivity contribution in [3.63, 3.8) is 0 Å². The van der Waals surface area contributed by atoms with Gasteiger partial charge in [0.05, 0.1) is 5.69 Å². The SMILES string of the molecule is Cc1nn(C)c(Cl)c1CC(CBr)(CBr)c1ccccc1F. The molecule has 0 bridgehead atoms. The molecule has 0 spiro atoms. The van der Waals surface area contributed by atoms with Crippen LogP contribution in [0.3, 0.4) is 0 Å². The van der Waals surface area contributed by atoms with Crippen molar-refractivity contribution in [2.45, 2.75) is 18.8 Å². The van der Waals surface area contributed by atoms with Crippen LogP contribution < -0.4 is 0 Å². The zero-order chi connectivity index (χ0) is 15.6. The highest BCUT2D eigenvalue weighted by Crippen LogP contribution is 2.36. The first-order valence-corrected chi connectivity index (χ1v) is 9.12. The summed E-state index contributed by atoms with van der Waals surface area (Å²) in [7, 11) is 1.81. The summed E-state index contributed by atoms with van der Waals surface area (Å²) in [4.78, 5) is 0. The summed E-state index contributed by atoms with van der Waals surface area (Å²) in [5.41, 5.74) is 2.10. The Morgan fingerprint density at radius 3 is 2.38 bits per heavy atom. The molecule has 6 heteroatoms. The van der Waals surface area contributed by atoms with Crippen molar-refractivity contribution in [3.05, 3.63) is 52.1 Å². The first-order chi connectivity index (χ1) is 9.95. The van der Waals surface area contributed by atoms with Gasteiger partial charge in [-0.2, -0.15) is 5.10 Å². The fourth-order valence-electron chi connectivity index (χ4n) is 2.47. The van der Waals surface area contributed by atoms with Crippen LogP contribution in [0.5, 0.6) is 0 Å². The number of aromatic nitrogens is 2. The van der Waals surface area contributed by atoms with Gasteiger partial charge >= 0.3 is 0 Å². The molecule has 0 aliphatic rings. The maximum absolute atomic E-state index is 14.3. The molecule has 1 aromatic heterocycles. The average Bonchev–Trinajstić information content (AvgIpc) is 2.71. The first-order valence-electron chi connectivity index (χ1n) is 6.50. The van der Waals surface area contributed by atoms with E-state index in [0.29, 0.717) is 27.8 Å². The van der Waals surface area contributed by atoms with Gasteiger partial charge < -0.3 is 0 Å². The molecule has 114 valence electrons. The van der Waals surface area contributed by atoms with Gasteiger partial charge in [0.25, 0.3) is 0 Å². The normalized spacial score (nSPS) is 11.9. The number of nitrogens with zero attached hydrogens (tertiary/aromatic N) is 2. The molecule has 2 aromatic rings. The van der Waals surface area contributed by atoms with Crippen molar-refractivity contribution in [1.29, 1.82) is 0 Å². The van der Waals surface area contributed by atoms with Gasteiger partial charge in [-0.05, 0) is 25.0 Å². The summed E-state index contributed by atoms with van der Waals surface area (Å²) in [5.74, 6) is -0.200. The molecule has 0 amide bonds. The number of hydrogen-bond acceptors (Lipinski definition) is 1. The molecule has 0 atom stereocenters. The van der Waals surface area contributed by atoms with E-state index in [0.717, 1.165) is 11.3 Å². The lowest BCUT2D eigenvalue weighted by Crippen LogP contribution is -2.34. The van der Waals surface area contributed by atoms with Gasteiger partial charge in [0.2, 0.25) is 0 Å². The van der Waals surface area contributed by atoms with Crippen molar-refractivity contribution in [2.24, 2.45) is 7.05 Å². The van der Waals surface area contributed by atoms with Gasteiger partial charge in [-0.1, -0.05) is 61.7 Å². The Morgan fingerprint density at radius 2 is 1.90 bits per heavy atom. The summed E-state index contributed by atoms with van der Waals surface area (Å²) < 4.78 is 15.9. The molecule has 2 rings (SSSR count). The van der Waals surface area contributed by atoms with Crippen molar-refractivity contribution in [2.75, 3.05) is 10.7 Å². The summed E-state index contributed by atoms with van der Waals surface area (Å²) in [5, 5.41) is 6.19. The third kappa shape index (κ3) is 3.20. The molecule has 1 aromatic carbocycles. The van der Waals surface area contributed by atoms with Crippen LogP contribution in [-0.2, 0) is 18.9 Å². The van der Waals surface area contributed by atoms with E-state index in [2.05, 4.69) is 37.0 Å². The fourth-order valence-corrected chi connectivity index (χ4v) is 4.64. The van der Waals surface area contributed by atoms with E-state index in [1.165, 1.54) is 6.07 Å². The minimum Gasteiger partial charge on any atom is -0.257 e. The van der Waals surface area contributed by atoms with Gasteiger partial charge in [-0.3, -0.25) is 4.68 Å². The van der Waals surface area contributed by atoms with Crippen LogP contribution >= 0.6 is 43.5 Å². The largest absolute Gasteiger partial charge is 0.257 e. The fraction of sp³-hybridized carbons (Fsp3) is 0.400. The second kappa shape index (κ2) is 6.80. The summed E-state index contributed by atoms with van der Waals surface area (Å²) >= 11 is 13.4. The lowest BCUT2D eigenvalue weighted by molar-refractivity contribution is 0.500. The second-order valence-electron chi connectivity index (χ2n) is 5.18. The molecule has 0 saturated carbocycles. The second-order valence-corrected chi connectivity index (χ2v) is 6.66. The number of rotatable bonds is 5. The molecule has 0 unspecified atom stereocenters. The van der Waals surface area contributed by atoms with Gasteiger partial charge in [-0.25, -0.2) is 4.39 Å². The van der Waals surface area contributed by atoms with Crippen LogP contribution in [0.2, 0.25) is 5.15 Å². The first kappa shape index (κ1) is 17.0. The Labute approximate surface area is 145 Å². The van der Waals surface area contributed by atoms with Crippen LogP contribution in [-0.4, -0.2) is 20.4 Å². The highest BCUT2D eigenvalue weighted by atomic mass is 79.9. The smallest absolute Gasteiger partial charge is 0.130 e. The third-order valence-corrected chi connectivity index (χ3v) is 6.36. The lowest BCUT2D eigenvalue weighted by atomic mass is 9.79. The van der Waals surface area contributed by atoms with Gasteiger partial charge in [-0.15, -0.1) is 0 Å². The van der Waals surface area contributed by atoms with Crippen LogP contribution in [0.4, 0.5) is 4.39 Å². The van der Waals surface area contributed by atoms with Gasteiger partial charge in [0, 0.05) is 28.7 Å². The molecule has 0 radical (unpaired) electrons. The predicted molar refractivity (Wildman–Crippen MR) is 92.3 cm³/mol. The van der Waals surface area contributed by atoms with Crippen LogP contribution in [0, 0.1) is 12.7 Å². The predicted octanol–water partition coefficient (Wildman–Crippen LogP) is 4.79. The standard InChI is InChI=1S/C15H16Br2ClFN2/c1-10-11(14(18)21(2)20-10)7-15(8-16,9-17)12-5-3-4-6-13(12)19/h3-6H,7-9H2,1-2H3. The highest BCUT2D eigenvalue weighted by molar-refractivity contribution is 9.09. The molecule has 0 saturated heterocycles. The van der Waals surface area contributed by atoms with Crippen LogP contribution in [0.1, 0.15) is 16.8 Å². The Balaban J connectivity index is 2.51. The molecule has 0 aliphatic carbocycles. The monoisotopic (exact) mass is 436 g/mol. The number of benzene rings is 1. The summed E-state index contributed by atoms with van der Waals surface area (Å²) in [6, 6.07) is 6.88. The van der Waals surface area contributed by atoms with Gasteiger partial charge in [0.1, 0.15) is 11.0 Å². The van der Waals surface area contributed by atoms with Crippen LogP contribution in [0.25, 0.3) is 0 Å². The van der Waals surface area contributed by atoms with Crippen LogP contribution in [0.15, 0.2) is 24.3 Å². The zero-order valence-corrected chi connectivity index (χ0v) is 15.8. The Hall–Kier alpha value is -0.390. The highest BCUT2D eigenvalue weighted by Gasteiger charge is 2.35. The van der Waals surface area contributed by atoms with E-state index in [4.69, 9.17) is 11.6 Å². The zero-order valence-electron chi connectivity index (χ0n) is 11.8. The van der Waals surface area contributed by atoms with E-state index in [1.54, 1.807) is 10.7 Å². The number of alkyl halides is 2. The minimum atomic E-state index is -0.414. The molecule has 0 N–H and O–H groups in total. The number of halogens is 4. The molecular weight excluding hydrogens is 422 g/mol.